The second-order valence-corrected chi connectivity index (χ2v) is 14.2. The summed E-state index contributed by atoms with van der Waals surface area (Å²) in [5.41, 5.74) is 13.7. The van der Waals surface area contributed by atoms with Crippen LogP contribution in [-0.4, -0.2) is 70.9 Å². The number of nitriles is 2. The van der Waals surface area contributed by atoms with Gasteiger partial charge in [-0.05, 0) is 85.6 Å². The van der Waals surface area contributed by atoms with Gasteiger partial charge in [0.2, 0.25) is 0 Å². The molecule has 2 aromatic heterocycles. The topological polar surface area (TPSA) is 202 Å². The lowest BCUT2D eigenvalue weighted by Gasteiger charge is -2.19. The summed E-state index contributed by atoms with van der Waals surface area (Å²) >= 11 is 0. The molecule has 4 heterocycles. The summed E-state index contributed by atoms with van der Waals surface area (Å²) in [5.74, 6) is -0.821. The first kappa shape index (κ1) is 43.8. The predicted octanol–water partition coefficient (Wildman–Crippen LogP) is 5.74. The number of nitrogens with zero attached hydrogens (tertiary/aromatic N) is 6. The lowest BCUT2D eigenvalue weighted by molar-refractivity contribution is -0.138. The van der Waals surface area contributed by atoms with Crippen molar-refractivity contribution in [3.63, 3.8) is 0 Å². The Labute approximate surface area is 346 Å². The maximum Gasteiger partial charge on any atom is 0.416 e. The van der Waals surface area contributed by atoms with Crippen molar-refractivity contribution in [2.24, 2.45) is 11.5 Å². The van der Waals surface area contributed by atoms with Crippen molar-refractivity contribution in [1.29, 1.82) is 10.5 Å². The Hall–Kier alpha value is -6.80. The molecule has 6 rings (SSSR count). The summed E-state index contributed by atoms with van der Waals surface area (Å²) in [6.07, 6.45) is -5.45. The third-order valence-corrected chi connectivity index (χ3v) is 10.1. The maximum atomic E-state index is 13.8. The van der Waals surface area contributed by atoms with Crippen LogP contribution in [0, 0.1) is 22.7 Å². The normalized spacial score (nSPS) is 15.6. The number of nitrogens with one attached hydrogen (secondary N) is 3. The van der Waals surface area contributed by atoms with Crippen LogP contribution < -0.4 is 27.4 Å². The van der Waals surface area contributed by atoms with E-state index in [0.717, 1.165) is 24.3 Å². The van der Waals surface area contributed by atoms with Crippen LogP contribution in [0.25, 0.3) is 0 Å². The van der Waals surface area contributed by atoms with Gasteiger partial charge in [-0.15, -0.1) is 0 Å². The number of alkyl halides is 6. The molecule has 0 bridgehead atoms. The number of hydrogen-bond donors (Lipinski definition) is 5. The van der Waals surface area contributed by atoms with E-state index in [-0.39, 0.29) is 60.1 Å². The van der Waals surface area contributed by atoms with Gasteiger partial charge in [0.25, 0.3) is 11.8 Å². The van der Waals surface area contributed by atoms with Gasteiger partial charge in [-0.25, -0.2) is 9.97 Å². The lowest BCUT2D eigenvalue weighted by Crippen LogP contribution is -2.34. The van der Waals surface area contributed by atoms with E-state index in [4.69, 9.17) is 22.0 Å². The van der Waals surface area contributed by atoms with Crippen molar-refractivity contribution < 1.29 is 35.9 Å². The molecule has 2 aliphatic rings. The molecular formula is C42H39F6N11O2. The van der Waals surface area contributed by atoms with Gasteiger partial charge < -0.3 is 37.2 Å². The molecule has 0 saturated carbocycles. The number of nitrogens with two attached hydrogens (primary N) is 2. The highest BCUT2D eigenvalue weighted by atomic mass is 19.4. The van der Waals surface area contributed by atoms with E-state index in [1.807, 2.05) is 12.1 Å². The number of anilines is 2. The molecule has 19 heteroatoms. The van der Waals surface area contributed by atoms with Gasteiger partial charge in [0.05, 0.1) is 47.4 Å². The van der Waals surface area contributed by atoms with Gasteiger partial charge in [0.15, 0.2) is 0 Å². The highest BCUT2D eigenvalue weighted by Gasteiger charge is 2.37. The minimum Gasteiger partial charge on any atom is -0.357 e. The van der Waals surface area contributed by atoms with Crippen LogP contribution in [0.15, 0.2) is 108 Å². The molecule has 61 heavy (non-hydrogen) atoms. The first-order valence-corrected chi connectivity index (χ1v) is 18.9. The number of halogens is 6. The minimum absolute atomic E-state index is 0.0474. The predicted molar refractivity (Wildman–Crippen MR) is 211 cm³/mol. The number of carbonyl (C=O) groups excluding carboxylic acids is 2. The molecule has 13 nitrogen and oxygen atoms in total. The Morgan fingerprint density at radius 3 is 1.41 bits per heavy atom. The maximum absolute atomic E-state index is 13.8. The fourth-order valence-electron chi connectivity index (χ4n) is 6.96. The summed E-state index contributed by atoms with van der Waals surface area (Å²) in [4.78, 5) is 38.7. The molecule has 0 saturated heterocycles. The fourth-order valence-corrected chi connectivity index (χ4v) is 6.96. The smallest absolute Gasteiger partial charge is 0.357 e. The highest BCUT2D eigenvalue weighted by molar-refractivity contribution is 6.00. The Kier molecular flexibility index (Phi) is 13.4. The average Bonchev–Trinajstić information content (AvgIpc) is 3.72. The molecule has 0 spiro atoms. The standard InChI is InChI=1S/C42H39F6N11O2/c43-41(44,45)27-5-1-7-29(17-27)56-33-23-58(39(60)35(33)37(51)25-9-11-31(19-49)54-21-25)15-3-13-53-14-4-16-59-24-34(57-30-8-2-6-28(18-30)42(46,47)48)36(40(59)61)38(52)26-10-12-32(20-50)55-22-26/h1-2,5-12,17-18,21-22,37-38,53,56-57H,3-4,13-16,23-24,51-52H2. The highest BCUT2D eigenvalue weighted by Crippen LogP contribution is 2.35. The van der Waals surface area contributed by atoms with Crippen LogP contribution in [0.4, 0.5) is 37.7 Å². The Morgan fingerprint density at radius 2 is 1.07 bits per heavy atom. The van der Waals surface area contributed by atoms with Crippen molar-refractivity contribution in [2.45, 2.75) is 37.3 Å². The number of hydrogen-bond acceptors (Lipinski definition) is 11. The van der Waals surface area contributed by atoms with Crippen molar-refractivity contribution in [3.05, 3.63) is 141 Å². The molecule has 2 aromatic carbocycles. The average molecular weight is 844 g/mol. The van der Waals surface area contributed by atoms with E-state index in [0.29, 0.717) is 48.5 Å². The van der Waals surface area contributed by atoms with Crippen molar-refractivity contribution in [2.75, 3.05) is 49.9 Å². The quantitative estimate of drug-likeness (QED) is 0.0680. The van der Waals surface area contributed by atoms with Crippen LogP contribution in [0.2, 0.25) is 0 Å². The first-order chi connectivity index (χ1) is 29.1. The second-order valence-electron chi connectivity index (χ2n) is 14.2. The van der Waals surface area contributed by atoms with E-state index in [1.165, 1.54) is 58.6 Å². The largest absolute Gasteiger partial charge is 0.416 e. The molecule has 0 radical (unpaired) electrons. The number of rotatable bonds is 16. The third kappa shape index (κ3) is 10.5. The van der Waals surface area contributed by atoms with Crippen LogP contribution in [0.5, 0.6) is 0 Å². The lowest BCUT2D eigenvalue weighted by atomic mass is 9.99. The third-order valence-electron chi connectivity index (χ3n) is 10.1. The minimum atomic E-state index is -4.58. The molecule has 4 aromatic rings. The van der Waals surface area contributed by atoms with E-state index < -0.39 is 47.4 Å². The van der Waals surface area contributed by atoms with Crippen molar-refractivity contribution in [1.82, 2.24) is 25.1 Å². The van der Waals surface area contributed by atoms with Crippen LogP contribution in [-0.2, 0) is 21.9 Å². The Morgan fingerprint density at radius 1 is 0.656 bits per heavy atom. The van der Waals surface area contributed by atoms with Gasteiger partial charge >= 0.3 is 12.4 Å². The van der Waals surface area contributed by atoms with Crippen LogP contribution >= 0.6 is 0 Å². The van der Waals surface area contributed by atoms with Gasteiger partial charge in [0.1, 0.15) is 23.5 Å². The zero-order valence-electron chi connectivity index (χ0n) is 32.3. The molecule has 7 N–H and O–H groups in total. The van der Waals surface area contributed by atoms with E-state index in [1.54, 1.807) is 12.1 Å². The number of aromatic nitrogens is 2. The van der Waals surface area contributed by atoms with Crippen molar-refractivity contribution in [3.8, 4) is 12.1 Å². The van der Waals surface area contributed by atoms with Gasteiger partial charge in [-0.1, -0.05) is 24.3 Å². The second kappa shape index (κ2) is 18.6. The van der Waals surface area contributed by atoms with Crippen LogP contribution in [0.1, 0.15) is 58.6 Å². The van der Waals surface area contributed by atoms with Crippen molar-refractivity contribution >= 4 is 23.2 Å². The summed E-state index contributed by atoms with van der Waals surface area (Å²) in [6, 6.07) is 17.0. The number of carbonyl (C=O) groups is 2. The van der Waals surface area contributed by atoms with Crippen LogP contribution in [0.3, 0.4) is 0 Å². The monoisotopic (exact) mass is 843 g/mol. The molecule has 0 fully saturated rings. The van der Waals surface area contributed by atoms with E-state index in [9.17, 15) is 35.9 Å². The molecule has 2 unspecified atom stereocenters. The summed E-state index contributed by atoms with van der Waals surface area (Å²) in [5, 5.41) is 27.5. The number of amides is 2. The summed E-state index contributed by atoms with van der Waals surface area (Å²) in [6.45, 7) is 1.55. The Bertz CT molecular complexity index is 2240. The zero-order chi connectivity index (χ0) is 43.9. The van der Waals surface area contributed by atoms with Gasteiger partial charge in [0, 0.05) is 48.3 Å². The number of benzene rings is 2. The fraction of sp³-hybridized carbons (Fsp3) is 0.286. The molecular weight excluding hydrogens is 805 g/mol. The summed E-state index contributed by atoms with van der Waals surface area (Å²) in [7, 11) is 0. The molecule has 2 amide bonds. The zero-order valence-corrected chi connectivity index (χ0v) is 32.3. The number of pyridine rings is 2. The SMILES string of the molecule is N#Cc1ccc(C(N)C2=C(Nc3cccc(C(F)(F)F)c3)CN(CCCNCCCN3CC(Nc4cccc(C(F)(F)F)c4)=C(C(N)c4ccc(C#N)nc4)C3=O)C2=O)cn1. The molecule has 2 aliphatic heterocycles. The molecule has 316 valence electrons. The Balaban J connectivity index is 1.06. The molecule has 0 aliphatic carbocycles. The van der Waals surface area contributed by atoms with Gasteiger partial charge in [-0.3, -0.25) is 9.59 Å². The van der Waals surface area contributed by atoms with Gasteiger partial charge in [-0.2, -0.15) is 36.9 Å². The van der Waals surface area contributed by atoms with E-state index >= 15 is 0 Å². The van der Waals surface area contributed by atoms with E-state index in [2.05, 4.69) is 25.9 Å². The summed E-state index contributed by atoms with van der Waals surface area (Å²) < 4.78 is 80.8. The first-order valence-electron chi connectivity index (χ1n) is 18.9. The molecule has 2 atom stereocenters.